The fraction of sp³-hybridized carbons (Fsp3) is 0.632. The van der Waals surface area contributed by atoms with E-state index < -0.39 is 0 Å². The molecule has 0 bridgehead atoms. The van der Waals surface area contributed by atoms with Crippen molar-refractivity contribution in [1.82, 2.24) is 10.6 Å². The van der Waals surface area contributed by atoms with Gasteiger partial charge in [0.1, 0.15) is 11.9 Å². The lowest BCUT2D eigenvalue weighted by Crippen LogP contribution is -2.39. The van der Waals surface area contributed by atoms with E-state index in [4.69, 9.17) is 25.8 Å². The van der Waals surface area contributed by atoms with E-state index in [9.17, 15) is 0 Å². The molecule has 0 aromatic heterocycles. The van der Waals surface area contributed by atoms with Gasteiger partial charge in [-0.15, -0.1) is 24.0 Å². The molecule has 2 N–H and O–H groups in total. The molecule has 0 spiro atoms. The zero-order valence-electron chi connectivity index (χ0n) is 16.1. The lowest BCUT2D eigenvalue weighted by molar-refractivity contribution is 0.0420. The topological polar surface area (TPSA) is 64.1 Å². The summed E-state index contributed by atoms with van der Waals surface area (Å²) in [4.78, 5) is 4.58. The van der Waals surface area contributed by atoms with Crippen molar-refractivity contribution in [3.63, 3.8) is 0 Å². The Morgan fingerprint density at radius 2 is 2.26 bits per heavy atom. The van der Waals surface area contributed by atoms with Gasteiger partial charge in [-0.2, -0.15) is 0 Å². The molecular formula is C19H31ClIN3O3. The van der Waals surface area contributed by atoms with Crippen molar-refractivity contribution in [3.8, 4) is 5.75 Å². The molecule has 27 heavy (non-hydrogen) atoms. The second kappa shape index (κ2) is 14.3. The van der Waals surface area contributed by atoms with Gasteiger partial charge >= 0.3 is 0 Å². The average molecular weight is 512 g/mol. The van der Waals surface area contributed by atoms with Crippen LogP contribution in [0.25, 0.3) is 0 Å². The molecule has 1 heterocycles. The van der Waals surface area contributed by atoms with Crippen LogP contribution in [-0.4, -0.2) is 57.6 Å². The highest BCUT2D eigenvalue weighted by molar-refractivity contribution is 14.0. The maximum atomic E-state index is 5.98. The second-order valence-electron chi connectivity index (χ2n) is 6.24. The minimum absolute atomic E-state index is 0. The summed E-state index contributed by atoms with van der Waals surface area (Å²) in [5.41, 5.74) is 0. The van der Waals surface area contributed by atoms with Crippen LogP contribution in [0.5, 0.6) is 5.75 Å². The van der Waals surface area contributed by atoms with Gasteiger partial charge in [0.05, 0.1) is 19.3 Å². The van der Waals surface area contributed by atoms with E-state index in [-0.39, 0.29) is 36.2 Å². The third-order valence-corrected chi connectivity index (χ3v) is 4.07. The number of rotatable bonds is 10. The summed E-state index contributed by atoms with van der Waals surface area (Å²) in [5.74, 6) is 1.55. The standard InChI is InChI=1S/C19H30ClN3O3.HI/c1-3-21-19(22-9-5-10-25-18-8-11-24-14-18)23-13-15(2)26-17-7-4-6-16(20)12-17;/h4,6-7,12,15,18H,3,5,8-11,13-14H2,1-2H3,(H2,21,22,23);1H. The first-order valence-corrected chi connectivity index (χ1v) is 9.69. The summed E-state index contributed by atoms with van der Waals surface area (Å²) >= 11 is 5.98. The molecule has 1 aliphatic rings. The molecule has 0 saturated carbocycles. The van der Waals surface area contributed by atoms with Gasteiger partial charge in [0.2, 0.25) is 0 Å². The highest BCUT2D eigenvalue weighted by Crippen LogP contribution is 2.18. The van der Waals surface area contributed by atoms with Crippen molar-refractivity contribution in [3.05, 3.63) is 29.3 Å². The Hall–Kier alpha value is -0.770. The lowest BCUT2D eigenvalue weighted by Gasteiger charge is -2.15. The van der Waals surface area contributed by atoms with Crippen LogP contribution in [0.4, 0.5) is 0 Å². The van der Waals surface area contributed by atoms with E-state index in [2.05, 4.69) is 15.6 Å². The number of ether oxygens (including phenoxy) is 3. The van der Waals surface area contributed by atoms with Crippen LogP contribution in [0.2, 0.25) is 5.02 Å². The summed E-state index contributed by atoms with van der Waals surface area (Å²) in [5, 5.41) is 7.24. The maximum Gasteiger partial charge on any atom is 0.191 e. The second-order valence-corrected chi connectivity index (χ2v) is 6.68. The van der Waals surface area contributed by atoms with E-state index in [0.29, 0.717) is 11.6 Å². The van der Waals surface area contributed by atoms with E-state index in [0.717, 1.165) is 57.5 Å². The van der Waals surface area contributed by atoms with Crippen LogP contribution < -0.4 is 15.4 Å². The van der Waals surface area contributed by atoms with Crippen LogP contribution in [0, 0.1) is 0 Å². The third-order valence-electron chi connectivity index (χ3n) is 3.84. The van der Waals surface area contributed by atoms with Crippen molar-refractivity contribution in [1.29, 1.82) is 0 Å². The molecule has 2 atom stereocenters. The number of hydrogen-bond donors (Lipinski definition) is 2. The van der Waals surface area contributed by atoms with Crippen LogP contribution in [0.1, 0.15) is 26.7 Å². The number of nitrogens with zero attached hydrogens (tertiary/aromatic N) is 1. The van der Waals surface area contributed by atoms with Gasteiger partial charge < -0.3 is 24.8 Å². The van der Waals surface area contributed by atoms with Crippen LogP contribution in [0.3, 0.4) is 0 Å². The van der Waals surface area contributed by atoms with Gasteiger partial charge in [0.25, 0.3) is 0 Å². The van der Waals surface area contributed by atoms with Crippen molar-refractivity contribution in [2.75, 3.05) is 39.5 Å². The van der Waals surface area contributed by atoms with Crippen molar-refractivity contribution in [2.45, 2.75) is 38.9 Å². The van der Waals surface area contributed by atoms with E-state index in [1.165, 1.54) is 0 Å². The number of benzene rings is 1. The lowest BCUT2D eigenvalue weighted by atomic mass is 10.3. The first kappa shape index (κ1) is 24.3. The van der Waals surface area contributed by atoms with Gasteiger partial charge in [0, 0.05) is 31.3 Å². The fourth-order valence-corrected chi connectivity index (χ4v) is 2.73. The summed E-state index contributed by atoms with van der Waals surface area (Å²) in [6.45, 7) is 8.48. The monoisotopic (exact) mass is 511 g/mol. The van der Waals surface area contributed by atoms with E-state index >= 15 is 0 Å². The van der Waals surface area contributed by atoms with Gasteiger partial charge in [-0.05, 0) is 44.9 Å². The van der Waals surface area contributed by atoms with Crippen LogP contribution >= 0.6 is 35.6 Å². The number of halogens is 2. The highest BCUT2D eigenvalue weighted by Gasteiger charge is 2.15. The Bertz CT molecular complexity index is 557. The van der Waals surface area contributed by atoms with Gasteiger partial charge in [-0.3, -0.25) is 0 Å². The van der Waals surface area contributed by atoms with Crippen LogP contribution in [-0.2, 0) is 9.47 Å². The first-order chi connectivity index (χ1) is 12.7. The molecule has 1 aromatic rings. The van der Waals surface area contributed by atoms with E-state index in [1.807, 2.05) is 32.0 Å². The minimum atomic E-state index is -0.0466. The Balaban J connectivity index is 0.00000364. The first-order valence-electron chi connectivity index (χ1n) is 9.31. The molecular weight excluding hydrogens is 481 g/mol. The normalized spacial score (nSPS) is 17.9. The molecule has 0 radical (unpaired) electrons. The molecule has 0 aliphatic carbocycles. The molecule has 1 fully saturated rings. The molecule has 1 saturated heterocycles. The zero-order valence-corrected chi connectivity index (χ0v) is 19.2. The predicted molar refractivity (Wildman–Crippen MR) is 121 cm³/mol. The quantitative estimate of drug-likeness (QED) is 0.218. The van der Waals surface area contributed by atoms with Crippen molar-refractivity contribution >= 4 is 41.5 Å². The molecule has 1 aliphatic heterocycles. The third kappa shape index (κ3) is 10.4. The molecule has 0 amide bonds. The summed E-state index contributed by atoms with van der Waals surface area (Å²) in [6, 6.07) is 7.40. The number of hydrogen-bond acceptors (Lipinski definition) is 4. The smallest absolute Gasteiger partial charge is 0.191 e. The Morgan fingerprint density at radius 1 is 1.41 bits per heavy atom. The molecule has 2 rings (SSSR count). The van der Waals surface area contributed by atoms with Gasteiger partial charge in [-0.25, -0.2) is 4.99 Å². The highest BCUT2D eigenvalue weighted by atomic mass is 127. The molecule has 2 unspecified atom stereocenters. The fourth-order valence-electron chi connectivity index (χ4n) is 2.54. The summed E-state index contributed by atoms with van der Waals surface area (Å²) in [6.07, 6.45) is 2.15. The molecule has 8 heteroatoms. The van der Waals surface area contributed by atoms with Gasteiger partial charge in [0.15, 0.2) is 5.96 Å². The molecule has 1 aromatic carbocycles. The Morgan fingerprint density at radius 3 is 2.96 bits per heavy atom. The number of nitrogens with one attached hydrogen (secondary N) is 2. The Labute approximate surface area is 184 Å². The van der Waals surface area contributed by atoms with Gasteiger partial charge in [-0.1, -0.05) is 17.7 Å². The maximum absolute atomic E-state index is 5.98. The minimum Gasteiger partial charge on any atom is -0.489 e. The number of guanidine groups is 1. The predicted octanol–water partition coefficient (Wildman–Crippen LogP) is 3.48. The number of aliphatic imine (C=N–C) groups is 1. The van der Waals surface area contributed by atoms with Crippen molar-refractivity contribution < 1.29 is 14.2 Å². The average Bonchev–Trinajstić information content (AvgIpc) is 3.12. The molecule has 154 valence electrons. The summed E-state index contributed by atoms with van der Waals surface area (Å²) < 4.78 is 16.9. The SMILES string of the molecule is CCNC(=NCC(C)Oc1cccc(Cl)c1)NCCCOC1CCOC1.I. The largest absolute Gasteiger partial charge is 0.489 e. The van der Waals surface area contributed by atoms with Crippen molar-refractivity contribution in [2.24, 2.45) is 4.99 Å². The Kier molecular flexibility index (Phi) is 12.8. The van der Waals surface area contributed by atoms with Crippen LogP contribution in [0.15, 0.2) is 29.3 Å². The van der Waals surface area contributed by atoms with E-state index in [1.54, 1.807) is 6.07 Å². The summed E-state index contributed by atoms with van der Waals surface area (Å²) in [7, 11) is 0. The molecule has 6 nitrogen and oxygen atoms in total. The zero-order chi connectivity index (χ0) is 18.6.